The Hall–Kier alpha value is -0.760. The first-order valence-corrected chi connectivity index (χ1v) is 4.51. The zero-order valence-electron chi connectivity index (χ0n) is 7.45. The Bertz CT molecular complexity index is 268. The molecule has 1 aromatic heterocycles. The SMILES string of the molecule is Cn1cccc1C1(CO)CCC1. The first kappa shape index (κ1) is 7.87. The van der Waals surface area contributed by atoms with Crippen LogP contribution in [0.15, 0.2) is 18.3 Å². The fourth-order valence-electron chi connectivity index (χ4n) is 2.11. The van der Waals surface area contributed by atoms with Crippen molar-refractivity contribution in [2.75, 3.05) is 6.61 Å². The summed E-state index contributed by atoms with van der Waals surface area (Å²) in [6.07, 6.45) is 5.58. The molecular formula is C10H15NO. The van der Waals surface area contributed by atoms with Crippen LogP contribution in [0.5, 0.6) is 0 Å². The van der Waals surface area contributed by atoms with Gasteiger partial charge in [-0.2, -0.15) is 0 Å². The molecule has 2 nitrogen and oxygen atoms in total. The monoisotopic (exact) mass is 165 g/mol. The van der Waals surface area contributed by atoms with E-state index in [9.17, 15) is 5.11 Å². The topological polar surface area (TPSA) is 25.2 Å². The maximum Gasteiger partial charge on any atom is 0.0542 e. The lowest BCUT2D eigenvalue weighted by molar-refractivity contribution is 0.113. The van der Waals surface area contributed by atoms with E-state index in [1.165, 1.54) is 12.1 Å². The number of aliphatic hydroxyl groups is 1. The molecule has 1 fully saturated rings. The molecular weight excluding hydrogens is 150 g/mol. The average Bonchev–Trinajstić information content (AvgIpc) is 2.36. The van der Waals surface area contributed by atoms with Crippen LogP contribution in [-0.4, -0.2) is 16.3 Å². The van der Waals surface area contributed by atoms with Crippen LogP contribution in [0, 0.1) is 0 Å². The molecule has 0 bridgehead atoms. The van der Waals surface area contributed by atoms with Gasteiger partial charge in [-0.15, -0.1) is 0 Å². The standard InChI is InChI=1S/C10H15NO/c1-11-7-2-4-9(11)10(8-12)5-3-6-10/h2,4,7,12H,3,5-6,8H2,1H3. The normalized spacial score (nSPS) is 20.5. The molecule has 2 rings (SSSR count). The zero-order valence-corrected chi connectivity index (χ0v) is 7.45. The third-order valence-corrected chi connectivity index (χ3v) is 3.10. The van der Waals surface area contributed by atoms with Gasteiger partial charge >= 0.3 is 0 Å². The van der Waals surface area contributed by atoms with Crippen LogP contribution in [-0.2, 0) is 12.5 Å². The number of hydrogen-bond acceptors (Lipinski definition) is 1. The molecule has 0 aromatic carbocycles. The number of aryl methyl sites for hydroxylation is 1. The summed E-state index contributed by atoms with van der Waals surface area (Å²) in [5, 5.41) is 9.32. The van der Waals surface area contributed by atoms with Gasteiger partial charge in [0.25, 0.3) is 0 Å². The first-order valence-electron chi connectivity index (χ1n) is 4.51. The summed E-state index contributed by atoms with van der Waals surface area (Å²) in [4.78, 5) is 0. The van der Waals surface area contributed by atoms with E-state index in [4.69, 9.17) is 0 Å². The van der Waals surface area contributed by atoms with Gasteiger partial charge in [0.05, 0.1) is 6.61 Å². The number of rotatable bonds is 2. The molecule has 1 saturated carbocycles. The van der Waals surface area contributed by atoms with Crippen molar-refractivity contribution in [1.29, 1.82) is 0 Å². The van der Waals surface area contributed by atoms with Crippen LogP contribution >= 0.6 is 0 Å². The van der Waals surface area contributed by atoms with Gasteiger partial charge in [0.15, 0.2) is 0 Å². The minimum Gasteiger partial charge on any atom is -0.395 e. The van der Waals surface area contributed by atoms with Crippen LogP contribution < -0.4 is 0 Å². The number of nitrogens with zero attached hydrogens (tertiary/aromatic N) is 1. The van der Waals surface area contributed by atoms with Gasteiger partial charge in [-0.3, -0.25) is 0 Å². The molecule has 66 valence electrons. The molecule has 0 spiro atoms. The third-order valence-electron chi connectivity index (χ3n) is 3.10. The van der Waals surface area contributed by atoms with Gasteiger partial charge in [-0.1, -0.05) is 6.42 Å². The minimum atomic E-state index is 0.0955. The quantitative estimate of drug-likeness (QED) is 0.704. The van der Waals surface area contributed by atoms with E-state index in [0.29, 0.717) is 6.61 Å². The van der Waals surface area contributed by atoms with Crippen LogP contribution in [0.4, 0.5) is 0 Å². The lowest BCUT2D eigenvalue weighted by atomic mass is 9.67. The van der Waals surface area contributed by atoms with Gasteiger partial charge in [0.1, 0.15) is 0 Å². The predicted octanol–water partition coefficient (Wildman–Crippen LogP) is 1.44. The van der Waals surface area contributed by atoms with Crippen molar-refractivity contribution in [2.45, 2.75) is 24.7 Å². The molecule has 1 aromatic rings. The van der Waals surface area contributed by atoms with Crippen LogP contribution in [0.1, 0.15) is 25.0 Å². The molecule has 2 heteroatoms. The number of aliphatic hydroxyl groups excluding tert-OH is 1. The summed E-state index contributed by atoms with van der Waals surface area (Å²) in [5.74, 6) is 0. The summed E-state index contributed by atoms with van der Waals surface area (Å²) in [5.41, 5.74) is 1.38. The molecule has 12 heavy (non-hydrogen) atoms. The van der Waals surface area contributed by atoms with Gasteiger partial charge in [0.2, 0.25) is 0 Å². The minimum absolute atomic E-state index is 0.0955. The molecule has 0 aliphatic heterocycles. The molecule has 0 atom stereocenters. The Morgan fingerprint density at radius 2 is 2.33 bits per heavy atom. The summed E-state index contributed by atoms with van der Waals surface area (Å²) >= 11 is 0. The highest BCUT2D eigenvalue weighted by Gasteiger charge is 2.39. The summed E-state index contributed by atoms with van der Waals surface area (Å²) < 4.78 is 2.12. The molecule has 1 heterocycles. The molecule has 0 saturated heterocycles. The second kappa shape index (κ2) is 2.63. The van der Waals surface area contributed by atoms with E-state index >= 15 is 0 Å². The molecule has 0 unspecified atom stereocenters. The summed E-state index contributed by atoms with van der Waals surface area (Å²) in [6.45, 7) is 0.296. The Morgan fingerprint density at radius 3 is 2.67 bits per heavy atom. The average molecular weight is 165 g/mol. The van der Waals surface area contributed by atoms with E-state index in [1.807, 2.05) is 19.3 Å². The van der Waals surface area contributed by atoms with Crippen molar-refractivity contribution in [3.8, 4) is 0 Å². The van der Waals surface area contributed by atoms with E-state index in [0.717, 1.165) is 12.8 Å². The Kier molecular flexibility index (Phi) is 1.72. The van der Waals surface area contributed by atoms with Gasteiger partial charge < -0.3 is 9.67 Å². The highest BCUT2D eigenvalue weighted by Crippen LogP contribution is 2.42. The van der Waals surface area contributed by atoms with Gasteiger partial charge in [-0.05, 0) is 25.0 Å². The van der Waals surface area contributed by atoms with E-state index in [-0.39, 0.29) is 5.41 Å². The van der Waals surface area contributed by atoms with Crippen LogP contribution in [0.2, 0.25) is 0 Å². The Balaban J connectivity index is 2.33. The second-order valence-corrected chi connectivity index (χ2v) is 3.80. The fraction of sp³-hybridized carbons (Fsp3) is 0.600. The van der Waals surface area contributed by atoms with Crippen LogP contribution in [0.3, 0.4) is 0 Å². The highest BCUT2D eigenvalue weighted by atomic mass is 16.3. The van der Waals surface area contributed by atoms with Crippen molar-refractivity contribution in [1.82, 2.24) is 4.57 Å². The Morgan fingerprint density at radius 1 is 1.58 bits per heavy atom. The zero-order chi connectivity index (χ0) is 8.60. The van der Waals surface area contributed by atoms with Crippen molar-refractivity contribution in [3.63, 3.8) is 0 Å². The lowest BCUT2D eigenvalue weighted by Gasteiger charge is -2.40. The Labute approximate surface area is 72.8 Å². The van der Waals surface area contributed by atoms with Gasteiger partial charge in [0, 0.05) is 24.4 Å². The van der Waals surface area contributed by atoms with Gasteiger partial charge in [-0.25, -0.2) is 0 Å². The highest BCUT2D eigenvalue weighted by molar-refractivity contribution is 5.22. The summed E-state index contributed by atoms with van der Waals surface area (Å²) in [7, 11) is 2.05. The second-order valence-electron chi connectivity index (χ2n) is 3.80. The molecule has 1 aliphatic rings. The van der Waals surface area contributed by atoms with Crippen molar-refractivity contribution in [2.24, 2.45) is 7.05 Å². The van der Waals surface area contributed by atoms with Crippen molar-refractivity contribution < 1.29 is 5.11 Å². The number of hydrogen-bond donors (Lipinski definition) is 1. The van der Waals surface area contributed by atoms with Crippen molar-refractivity contribution in [3.05, 3.63) is 24.0 Å². The predicted molar refractivity (Wildman–Crippen MR) is 48.0 cm³/mol. The van der Waals surface area contributed by atoms with Crippen LogP contribution in [0.25, 0.3) is 0 Å². The molecule has 1 N–H and O–H groups in total. The maximum absolute atomic E-state index is 9.32. The maximum atomic E-state index is 9.32. The molecule has 1 aliphatic carbocycles. The van der Waals surface area contributed by atoms with E-state index in [2.05, 4.69) is 10.6 Å². The summed E-state index contributed by atoms with van der Waals surface area (Å²) in [6, 6.07) is 4.17. The largest absolute Gasteiger partial charge is 0.395 e. The van der Waals surface area contributed by atoms with E-state index < -0.39 is 0 Å². The first-order chi connectivity index (χ1) is 5.78. The fourth-order valence-corrected chi connectivity index (χ4v) is 2.11. The molecule has 0 amide bonds. The van der Waals surface area contributed by atoms with E-state index in [1.54, 1.807) is 0 Å². The molecule has 0 radical (unpaired) electrons. The van der Waals surface area contributed by atoms with Crippen molar-refractivity contribution >= 4 is 0 Å². The lowest BCUT2D eigenvalue weighted by Crippen LogP contribution is -2.39. The smallest absolute Gasteiger partial charge is 0.0542 e. The third kappa shape index (κ3) is 0.911. The number of aromatic nitrogens is 1.